The molecule has 4 atom stereocenters. The van der Waals surface area contributed by atoms with Crippen molar-refractivity contribution in [2.24, 2.45) is 16.7 Å². The van der Waals surface area contributed by atoms with Crippen LogP contribution in [0.25, 0.3) is 0 Å². The number of hydrogen-bond acceptors (Lipinski definition) is 3. The number of likely N-dealkylation sites (tertiary alicyclic amines) is 1. The Morgan fingerprint density at radius 2 is 1.58 bits per heavy atom. The Hall–Kier alpha value is -1.39. The summed E-state index contributed by atoms with van der Waals surface area (Å²) in [7, 11) is 0. The molecule has 7 rings (SSSR count). The summed E-state index contributed by atoms with van der Waals surface area (Å²) in [5, 5.41) is 0. The van der Waals surface area contributed by atoms with Gasteiger partial charge >= 0.3 is 0 Å². The molecule has 6 fully saturated rings. The van der Waals surface area contributed by atoms with Crippen LogP contribution >= 0.6 is 0 Å². The monoisotopic (exact) mass is 449 g/mol. The molecular weight excluding hydrogens is 406 g/mol. The molecule has 0 aromatic heterocycles. The lowest BCUT2D eigenvalue weighted by Gasteiger charge is -2.47. The second-order valence-electron chi connectivity index (χ2n) is 12.6. The van der Waals surface area contributed by atoms with Crippen molar-refractivity contribution < 1.29 is 4.79 Å². The first kappa shape index (κ1) is 22.1. The van der Waals surface area contributed by atoms with Crippen molar-refractivity contribution in [2.75, 3.05) is 52.4 Å². The lowest BCUT2D eigenvalue weighted by atomic mass is 9.59. The van der Waals surface area contributed by atoms with Crippen molar-refractivity contribution >= 4 is 5.91 Å². The van der Waals surface area contributed by atoms with Gasteiger partial charge in [-0.3, -0.25) is 4.79 Å². The molecule has 2 heterocycles. The summed E-state index contributed by atoms with van der Waals surface area (Å²) in [6.07, 6.45) is 11.1. The molecule has 4 nitrogen and oxygen atoms in total. The van der Waals surface area contributed by atoms with Crippen LogP contribution < -0.4 is 0 Å². The first-order valence-corrected chi connectivity index (χ1v) is 13.8. The van der Waals surface area contributed by atoms with Gasteiger partial charge in [0, 0.05) is 19.6 Å². The minimum absolute atomic E-state index is 0.101. The minimum atomic E-state index is -0.101. The first-order chi connectivity index (χ1) is 16.0. The summed E-state index contributed by atoms with van der Waals surface area (Å²) in [6.45, 7) is 11.6. The van der Waals surface area contributed by atoms with Crippen LogP contribution in [-0.4, -0.2) is 73.0 Å². The smallest absolute Gasteiger partial charge is 0.228 e. The maximum Gasteiger partial charge on any atom is 0.228 e. The highest BCUT2D eigenvalue weighted by Crippen LogP contribution is 2.75. The lowest BCUT2D eigenvalue weighted by Crippen LogP contribution is -2.50. The van der Waals surface area contributed by atoms with Crippen molar-refractivity contribution in [3.63, 3.8) is 0 Å². The van der Waals surface area contributed by atoms with Gasteiger partial charge in [-0.15, -0.1) is 0 Å². The molecule has 0 N–H and O–H groups in total. The fourth-order valence-electron chi connectivity index (χ4n) is 9.18. The molecule has 2 saturated heterocycles. The Morgan fingerprint density at radius 1 is 0.848 bits per heavy atom. The predicted molar refractivity (Wildman–Crippen MR) is 133 cm³/mol. The average Bonchev–Trinajstić information content (AvgIpc) is 3.39. The molecule has 1 aromatic rings. The molecule has 4 unspecified atom stereocenters. The topological polar surface area (TPSA) is 26.8 Å². The molecule has 0 spiro atoms. The third-order valence-electron chi connectivity index (χ3n) is 10.1. The van der Waals surface area contributed by atoms with Crippen molar-refractivity contribution in [1.82, 2.24) is 14.7 Å². The van der Waals surface area contributed by atoms with Gasteiger partial charge in [0.1, 0.15) is 0 Å². The summed E-state index contributed by atoms with van der Waals surface area (Å²) >= 11 is 0. The van der Waals surface area contributed by atoms with Gasteiger partial charge in [-0.05, 0) is 113 Å². The van der Waals surface area contributed by atoms with Gasteiger partial charge in [-0.25, -0.2) is 0 Å². The normalized spacial score (nSPS) is 38.8. The van der Waals surface area contributed by atoms with Crippen LogP contribution in [0.3, 0.4) is 0 Å². The van der Waals surface area contributed by atoms with E-state index in [0.29, 0.717) is 17.2 Å². The fourth-order valence-corrected chi connectivity index (χ4v) is 9.18. The molecule has 0 radical (unpaired) electrons. The van der Waals surface area contributed by atoms with E-state index in [9.17, 15) is 4.79 Å². The molecule has 4 aliphatic carbocycles. The summed E-state index contributed by atoms with van der Waals surface area (Å²) in [4.78, 5) is 21.7. The molecule has 6 aliphatic rings. The summed E-state index contributed by atoms with van der Waals surface area (Å²) in [5.74, 6) is 1.20. The maximum atomic E-state index is 14.2. The van der Waals surface area contributed by atoms with Gasteiger partial charge in [-0.2, -0.15) is 0 Å². The van der Waals surface area contributed by atoms with E-state index >= 15 is 0 Å². The van der Waals surface area contributed by atoms with Gasteiger partial charge in [0.2, 0.25) is 5.91 Å². The van der Waals surface area contributed by atoms with Gasteiger partial charge in [0.15, 0.2) is 0 Å². The van der Waals surface area contributed by atoms with E-state index in [-0.39, 0.29) is 10.8 Å². The molecule has 180 valence electrons. The van der Waals surface area contributed by atoms with Crippen molar-refractivity contribution in [3.8, 4) is 0 Å². The van der Waals surface area contributed by atoms with E-state index in [1.165, 1.54) is 63.8 Å². The Morgan fingerprint density at radius 3 is 2.36 bits per heavy atom. The highest BCUT2D eigenvalue weighted by Gasteiger charge is 2.70. The van der Waals surface area contributed by atoms with Gasteiger partial charge in [0.25, 0.3) is 0 Å². The van der Waals surface area contributed by atoms with Crippen molar-refractivity contribution in [3.05, 3.63) is 35.9 Å². The fraction of sp³-hybridized carbons (Fsp3) is 0.759. The molecule has 33 heavy (non-hydrogen) atoms. The summed E-state index contributed by atoms with van der Waals surface area (Å²) in [5.41, 5.74) is 2.00. The average molecular weight is 450 g/mol. The standard InChI is InChI=1S/C29H43N3O/c1-27-19-25-20-28(21-27,23-29(25,22-27)24-9-3-2-4-10-24)26(33)32-16-8-15-31(17-18-32)14-7-13-30-11-5-6-12-30/h2-4,9-10,25H,5-8,11-23H2,1H3. The largest absolute Gasteiger partial charge is 0.341 e. The second kappa shape index (κ2) is 8.37. The van der Waals surface area contributed by atoms with E-state index in [0.717, 1.165) is 51.9 Å². The molecule has 1 aromatic carbocycles. The summed E-state index contributed by atoms with van der Waals surface area (Å²) < 4.78 is 0. The van der Waals surface area contributed by atoms with Crippen LogP contribution in [0.2, 0.25) is 0 Å². The number of amides is 1. The molecule has 4 heteroatoms. The van der Waals surface area contributed by atoms with E-state index in [1.807, 2.05) is 0 Å². The number of carbonyl (C=O) groups is 1. The molecular formula is C29H43N3O. The molecule has 1 amide bonds. The molecule has 4 saturated carbocycles. The zero-order chi connectivity index (χ0) is 22.5. The minimum Gasteiger partial charge on any atom is -0.341 e. The number of benzene rings is 1. The third-order valence-corrected chi connectivity index (χ3v) is 10.1. The van der Waals surface area contributed by atoms with Crippen LogP contribution in [-0.2, 0) is 10.2 Å². The molecule has 2 aliphatic heterocycles. The van der Waals surface area contributed by atoms with Crippen molar-refractivity contribution in [1.29, 1.82) is 0 Å². The highest BCUT2D eigenvalue weighted by atomic mass is 16.2. The zero-order valence-corrected chi connectivity index (χ0v) is 20.7. The third kappa shape index (κ3) is 3.86. The molecule has 4 bridgehead atoms. The van der Waals surface area contributed by atoms with Crippen LogP contribution in [0.5, 0.6) is 0 Å². The number of hydrogen-bond donors (Lipinski definition) is 0. The van der Waals surface area contributed by atoms with Gasteiger partial charge in [0.05, 0.1) is 5.41 Å². The van der Waals surface area contributed by atoms with Crippen LogP contribution in [0, 0.1) is 16.7 Å². The van der Waals surface area contributed by atoms with E-state index in [2.05, 4.69) is 52.0 Å². The van der Waals surface area contributed by atoms with E-state index in [1.54, 1.807) is 0 Å². The lowest BCUT2D eigenvalue weighted by molar-refractivity contribution is -0.147. The second-order valence-corrected chi connectivity index (χ2v) is 12.6. The predicted octanol–water partition coefficient (Wildman–Crippen LogP) is 4.54. The first-order valence-electron chi connectivity index (χ1n) is 13.8. The van der Waals surface area contributed by atoms with Crippen LogP contribution in [0.1, 0.15) is 70.3 Å². The summed E-state index contributed by atoms with van der Waals surface area (Å²) in [6, 6.07) is 11.2. The number of rotatable bonds is 6. The number of nitrogens with zero attached hydrogens (tertiary/aromatic N) is 3. The van der Waals surface area contributed by atoms with Gasteiger partial charge < -0.3 is 14.7 Å². The van der Waals surface area contributed by atoms with E-state index < -0.39 is 0 Å². The number of carbonyl (C=O) groups excluding carboxylic acids is 1. The zero-order valence-electron chi connectivity index (χ0n) is 20.7. The van der Waals surface area contributed by atoms with Gasteiger partial charge in [-0.1, -0.05) is 37.3 Å². The van der Waals surface area contributed by atoms with Crippen LogP contribution in [0.4, 0.5) is 0 Å². The quantitative estimate of drug-likeness (QED) is 0.638. The van der Waals surface area contributed by atoms with Crippen LogP contribution in [0.15, 0.2) is 30.3 Å². The Balaban J connectivity index is 1.12. The Kier molecular flexibility index (Phi) is 5.61. The van der Waals surface area contributed by atoms with Crippen molar-refractivity contribution in [2.45, 2.75) is 70.1 Å². The Labute approximate surface area is 200 Å². The SMILES string of the molecule is CC12CC3CC(C(=O)N4CCCN(CCCN5CCCC5)CC4)(C1)CC3(c1ccccc1)C2. The van der Waals surface area contributed by atoms with E-state index in [4.69, 9.17) is 0 Å². The highest BCUT2D eigenvalue weighted by molar-refractivity contribution is 5.84. The maximum absolute atomic E-state index is 14.2. The Bertz CT molecular complexity index is 867.